The fraction of sp³-hybridized carbons (Fsp3) is 0.583. The average Bonchev–Trinajstić information content (AvgIpc) is 2.25. The molecule has 1 heterocycles. The van der Waals surface area contributed by atoms with Gasteiger partial charge in [0.1, 0.15) is 18.5 Å². The standard InChI is InChI=1S/C12H20N2O2/c1-9(2)13-6-11(15)8-16-12-5-4-10(3)14-7-12/h4-5,7,9,11,13,15H,6,8H2,1-3H3. The van der Waals surface area contributed by atoms with Crippen molar-refractivity contribution in [2.75, 3.05) is 13.2 Å². The summed E-state index contributed by atoms with van der Waals surface area (Å²) in [6.07, 6.45) is 1.17. The number of hydrogen-bond donors (Lipinski definition) is 2. The molecule has 0 aromatic carbocycles. The van der Waals surface area contributed by atoms with Crippen LogP contribution in [0.1, 0.15) is 19.5 Å². The summed E-state index contributed by atoms with van der Waals surface area (Å²) in [5.41, 5.74) is 0.953. The second-order valence-electron chi connectivity index (χ2n) is 4.16. The molecule has 0 bridgehead atoms. The number of rotatable bonds is 6. The molecule has 1 aromatic rings. The molecule has 0 fully saturated rings. The SMILES string of the molecule is Cc1ccc(OCC(O)CNC(C)C)cn1. The molecule has 0 amide bonds. The van der Waals surface area contributed by atoms with Gasteiger partial charge in [0.05, 0.1) is 6.20 Å². The maximum atomic E-state index is 9.61. The van der Waals surface area contributed by atoms with Crippen LogP contribution >= 0.6 is 0 Å². The molecule has 0 radical (unpaired) electrons. The van der Waals surface area contributed by atoms with Crippen LogP contribution in [0.15, 0.2) is 18.3 Å². The minimum absolute atomic E-state index is 0.282. The van der Waals surface area contributed by atoms with E-state index in [2.05, 4.69) is 10.3 Å². The summed E-state index contributed by atoms with van der Waals surface area (Å²) in [6.45, 7) is 6.82. The van der Waals surface area contributed by atoms with Crippen molar-refractivity contribution >= 4 is 0 Å². The minimum atomic E-state index is -0.497. The molecule has 0 spiro atoms. The first-order valence-electron chi connectivity index (χ1n) is 5.55. The number of pyridine rings is 1. The lowest BCUT2D eigenvalue weighted by Gasteiger charge is -2.14. The average molecular weight is 224 g/mol. The lowest BCUT2D eigenvalue weighted by atomic mass is 10.3. The molecule has 1 aromatic heterocycles. The van der Waals surface area contributed by atoms with Crippen molar-refractivity contribution < 1.29 is 9.84 Å². The lowest BCUT2D eigenvalue weighted by Crippen LogP contribution is -2.35. The molecule has 0 saturated carbocycles. The molecule has 4 heteroatoms. The Hall–Kier alpha value is -1.13. The number of hydrogen-bond acceptors (Lipinski definition) is 4. The van der Waals surface area contributed by atoms with E-state index < -0.39 is 6.10 Å². The van der Waals surface area contributed by atoms with Crippen molar-refractivity contribution in [3.8, 4) is 5.75 Å². The van der Waals surface area contributed by atoms with Crippen molar-refractivity contribution in [1.29, 1.82) is 0 Å². The third-order valence-electron chi connectivity index (χ3n) is 2.09. The van der Waals surface area contributed by atoms with Crippen molar-refractivity contribution in [1.82, 2.24) is 10.3 Å². The molecular formula is C12H20N2O2. The van der Waals surface area contributed by atoms with E-state index in [0.717, 1.165) is 5.69 Å². The van der Waals surface area contributed by atoms with Crippen LogP contribution in [0.3, 0.4) is 0 Å². The van der Waals surface area contributed by atoms with Crippen LogP contribution in [0.2, 0.25) is 0 Å². The van der Waals surface area contributed by atoms with Gasteiger partial charge in [0.25, 0.3) is 0 Å². The van der Waals surface area contributed by atoms with Crippen LogP contribution in [0.25, 0.3) is 0 Å². The molecule has 0 aliphatic carbocycles. The summed E-state index contributed by atoms with van der Waals surface area (Å²) >= 11 is 0. The van der Waals surface area contributed by atoms with Crippen molar-refractivity contribution in [3.63, 3.8) is 0 Å². The third kappa shape index (κ3) is 5.09. The molecule has 0 aliphatic rings. The largest absolute Gasteiger partial charge is 0.489 e. The first-order valence-corrected chi connectivity index (χ1v) is 5.55. The maximum Gasteiger partial charge on any atom is 0.137 e. The van der Waals surface area contributed by atoms with Gasteiger partial charge in [-0.1, -0.05) is 13.8 Å². The predicted molar refractivity (Wildman–Crippen MR) is 63.6 cm³/mol. The number of nitrogens with one attached hydrogen (secondary N) is 1. The highest BCUT2D eigenvalue weighted by atomic mass is 16.5. The Kier molecular flexibility index (Phi) is 5.22. The Bertz CT molecular complexity index is 298. The molecule has 1 unspecified atom stereocenters. The monoisotopic (exact) mass is 224 g/mol. The highest BCUT2D eigenvalue weighted by molar-refractivity contribution is 5.19. The van der Waals surface area contributed by atoms with Gasteiger partial charge in [0.2, 0.25) is 0 Å². The Morgan fingerprint density at radius 2 is 2.19 bits per heavy atom. The Morgan fingerprint density at radius 1 is 1.44 bits per heavy atom. The number of ether oxygens (including phenoxy) is 1. The van der Waals surface area contributed by atoms with Crippen molar-refractivity contribution in [2.45, 2.75) is 32.9 Å². The Labute approximate surface area is 96.7 Å². The van der Waals surface area contributed by atoms with Gasteiger partial charge in [-0.15, -0.1) is 0 Å². The van der Waals surface area contributed by atoms with E-state index in [-0.39, 0.29) is 6.61 Å². The lowest BCUT2D eigenvalue weighted by molar-refractivity contribution is 0.104. The van der Waals surface area contributed by atoms with E-state index >= 15 is 0 Å². The van der Waals surface area contributed by atoms with E-state index in [1.54, 1.807) is 6.20 Å². The fourth-order valence-electron chi connectivity index (χ4n) is 1.16. The summed E-state index contributed by atoms with van der Waals surface area (Å²) in [5.74, 6) is 0.689. The van der Waals surface area contributed by atoms with Gasteiger partial charge in [-0.05, 0) is 19.1 Å². The molecule has 1 rings (SSSR count). The normalized spacial score (nSPS) is 12.8. The number of aromatic nitrogens is 1. The van der Waals surface area contributed by atoms with Crippen LogP contribution in [-0.4, -0.2) is 35.4 Å². The molecule has 0 aliphatic heterocycles. The van der Waals surface area contributed by atoms with Crippen LogP contribution in [0.5, 0.6) is 5.75 Å². The second kappa shape index (κ2) is 6.45. The molecular weight excluding hydrogens is 204 g/mol. The smallest absolute Gasteiger partial charge is 0.137 e. The van der Waals surface area contributed by atoms with Crippen LogP contribution in [-0.2, 0) is 0 Å². The molecule has 2 N–H and O–H groups in total. The van der Waals surface area contributed by atoms with E-state index in [1.165, 1.54) is 0 Å². The summed E-state index contributed by atoms with van der Waals surface area (Å²) in [5, 5.41) is 12.8. The molecule has 0 saturated heterocycles. The predicted octanol–water partition coefficient (Wildman–Crippen LogP) is 1.13. The summed E-state index contributed by atoms with van der Waals surface area (Å²) in [7, 11) is 0. The van der Waals surface area contributed by atoms with Crippen LogP contribution < -0.4 is 10.1 Å². The number of aliphatic hydroxyl groups excluding tert-OH is 1. The van der Waals surface area contributed by atoms with Crippen LogP contribution in [0, 0.1) is 6.92 Å². The molecule has 90 valence electrons. The Morgan fingerprint density at radius 3 is 2.75 bits per heavy atom. The van der Waals surface area contributed by atoms with Crippen molar-refractivity contribution in [3.05, 3.63) is 24.0 Å². The van der Waals surface area contributed by atoms with E-state index in [4.69, 9.17) is 4.74 Å². The van der Waals surface area contributed by atoms with E-state index in [0.29, 0.717) is 18.3 Å². The minimum Gasteiger partial charge on any atom is -0.489 e. The zero-order valence-electron chi connectivity index (χ0n) is 10.1. The Balaban J connectivity index is 2.26. The number of aryl methyl sites for hydroxylation is 1. The van der Waals surface area contributed by atoms with Gasteiger partial charge in [0.15, 0.2) is 0 Å². The maximum absolute atomic E-state index is 9.61. The zero-order chi connectivity index (χ0) is 12.0. The highest BCUT2D eigenvalue weighted by Crippen LogP contribution is 2.08. The zero-order valence-corrected chi connectivity index (χ0v) is 10.1. The molecule has 4 nitrogen and oxygen atoms in total. The van der Waals surface area contributed by atoms with E-state index in [9.17, 15) is 5.11 Å². The number of nitrogens with zero attached hydrogens (tertiary/aromatic N) is 1. The summed E-state index contributed by atoms with van der Waals surface area (Å²) in [6, 6.07) is 4.11. The quantitative estimate of drug-likeness (QED) is 0.760. The van der Waals surface area contributed by atoms with Gasteiger partial charge in [0, 0.05) is 18.3 Å². The van der Waals surface area contributed by atoms with Gasteiger partial charge in [-0.2, -0.15) is 0 Å². The van der Waals surface area contributed by atoms with Gasteiger partial charge in [-0.25, -0.2) is 0 Å². The second-order valence-corrected chi connectivity index (χ2v) is 4.16. The van der Waals surface area contributed by atoms with E-state index in [1.807, 2.05) is 32.9 Å². The molecule has 1 atom stereocenters. The molecule has 16 heavy (non-hydrogen) atoms. The highest BCUT2D eigenvalue weighted by Gasteiger charge is 2.05. The first-order chi connectivity index (χ1) is 7.58. The van der Waals surface area contributed by atoms with Gasteiger partial charge >= 0.3 is 0 Å². The van der Waals surface area contributed by atoms with Gasteiger partial charge < -0.3 is 15.2 Å². The van der Waals surface area contributed by atoms with Gasteiger partial charge in [-0.3, -0.25) is 4.98 Å². The first kappa shape index (κ1) is 12.9. The third-order valence-corrected chi connectivity index (χ3v) is 2.09. The summed E-state index contributed by atoms with van der Waals surface area (Å²) in [4.78, 5) is 4.11. The van der Waals surface area contributed by atoms with Crippen molar-refractivity contribution in [2.24, 2.45) is 0 Å². The summed E-state index contributed by atoms with van der Waals surface area (Å²) < 4.78 is 5.40. The van der Waals surface area contributed by atoms with Crippen LogP contribution in [0.4, 0.5) is 0 Å². The number of aliphatic hydroxyl groups is 1. The fourth-order valence-corrected chi connectivity index (χ4v) is 1.16. The topological polar surface area (TPSA) is 54.4 Å².